The maximum atomic E-state index is 13.9. The van der Waals surface area contributed by atoms with Crippen LogP contribution in [-0.2, 0) is 9.59 Å². The van der Waals surface area contributed by atoms with Crippen molar-refractivity contribution in [3.63, 3.8) is 0 Å². The van der Waals surface area contributed by atoms with Crippen LogP contribution in [0.5, 0.6) is 0 Å². The number of carbonyl (C=O) groups is 2. The van der Waals surface area contributed by atoms with Crippen LogP contribution in [0.3, 0.4) is 0 Å². The Morgan fingerprint density at radius 2 is 1.70 bits per heavy atom. The number of hydrogen-bond acceptors (Lipinski definition) is 3. The van der Waals surface area contributed by atoms with Crippen LogP contribution in [0.2, 0.25) is 0 Å². The Morgan fingerprint density at radius 1 is 1.10 bits per heavy atom. The molecule has 1 aromatic rings. The third-order valence-corrected chi connectivity index (χ3v) is 4.46. The van der Waals surface area contributed by atoms with Gasteiger partial charge in [-0.3, -0.25) is 9.59 Å². The minimum atomic E-state index is -0.630. The van der Waals surface area contributed by atoms with Crippen molar-refractivity contribution in [3.05, 3.63) is 24.0 Å². The van der Waals surface area contributed by atoms with Crippen molar-refractivity contribution in [1.82, 2.24) is 0 Å². The van der Waals surface area contributed by atoms with Gasteiger partial charge in [0.25, 0.3) is 0 Å². The van der Waals surface area contributed by atoms with Gasteiger partial charge in [0.2, 0.25) is 11.8 Å². The smallest absolute Gasteiger partial charge is 0.234 e. The van der Waals surface area contributed by atoms with Crippen molar-refractivity contribution < 1.29 is 14.0 Å². The van der Waals surface area contributed by atoms with Crippen molar-refractivity contribution in [1.29, 1.82) is 0 Å². The zero-order valence-electron chi connectivity index (χ0n) is 11.2. The fourth-order valence-corrected chi connectivity index (χ4v) is 3.50. The molecule has 1 aliphatic heterocycles. The quantitative estimate of drug-likeness (QED) is 0.633. The number of piperidine rings is 1. The first kappa shape index (κ1) is 13.1. The largest absolute Gasteiger partial charge is 0.397 e. The number of anilines is 2. The average Bonchev–Trinajstić information content (AvgIpc) is 2.80. The first-order valence-corrected chi connectivity index (χ1v) is 6.92. The summed E-state index contributed by atoms with van der Waals surface area (Å²) in [7, 11) is 0. The Balaban J connectivity index is 1.96. The standard InChI is InChI=1S/C15H17FN2O2/c16-10-4-3-5-11(17)14(10)18-12(19)8-15(9-13(18)20)6-1-2-7-15/h3-5H,1-2,6-9,17H2. The zero-order chi connectivity index (χ0) is 14.3. The third kappa shape index (κ3) is 1.97. The highest BCUT2D eigenvalue weighted by Crippen LogP contribution is 2.48. The first-order chi connectivity index (χ1) is 9.52. The maximum Gasteiger partial charge on any atom is 0.234 e. The van der Waals surface area contributed by atoms with Gasteiger partial charge < -0.3 is 5.73 Å². The molecule has 1 aromatic carbocycles. The summed E-state index contributed by atoms with van der Waals surface area (Å²) in [6, 6.07) is 4.18. The molecule has 2 fully saturated rings. The number of benzene rings is 1. The van der Waals surface area contributed by atoms with Gasteiger partial charge in [0.15, 0.2) is 0 Å². The lowest BCUT2D eigenvalue weighted by Gasteiger charge is -2.37. The number of carbonyl (C=O) groups excluding carboxylic acids is 2. The fraction of sp³-hybridized carbons (Fsp3) is 0.467. The predicted octanol–water partition coefficient (Wildman–Crippen LogP) is 2.62. The van der Waals surface area contributed by atoms with E-state index in [0.717, 1.165) is 30.6 Å². The Hall–Kier alpha value is -1.91. The number of halogens is 1. The molecule has 0 atom stereocenters. The van der Waals surface area contributed by atoms with Crippen LogP contribution in [0.25, 0.3) is 0 Å². The Labute approximate surface area is 116 Å². The second-order valence-electron chi connectivity index (χ2n) is 5.86. The normalized spacial score (nSPS) is 21.8. The van der Waals surface area contributed by atoms with Gasteiger partial charge >= 0.3 is 0 Å². The van der Waals surface area contributed by atoms with Gasteiger partial charge in [0.1, 0.15) is 11.5 Å². The van der Waals surface area contributed by atoms with Gasteiger partial charge in [-0.25, -0.2) is 9.29 Å². The highest BCUT2D eigenvalue weighted by molar-refractivity contribution is 6.18. The van der Waals surface area contributed by atoms with E-state index in [0.29, 0.717) is 12.8 Å². The van der Waals surface area contributed by atoms with E-state index in [1.807, 2.05) is 0 Å². The van der Waals surface area contributed by atoms with Crippen molar-refractivity contribution in [2.75, 3.05) is 10.6 Å². The SMILES string of the molecule is Nc1cccc(F)c1N1C(=O)CC2(CCCC2)CC1=O. The number of nitrogen functional groups attached to an aromatic ring is 1. The number of nitrogens with two attached hydrogens (primary N) is 1. The van der Waals surface area contributed by atoms with Crippen LogP contribution >= 0.6 is 0 Å². The number of imide groups is 1. The predicted molar refractivity (Wildman–Crippen MR) is 73.4 cm³/mol. The molecule has 2 N–H and O–H groups in total. The minimum Gasteiger partial charge on any atom is -0.397 e. The van der Waals surface area contributed by atoms with Crippen molar-refractivity contribution in [3.8, 4) is 0 Å². The number of hydrogen-bond donors (Lipinski definition) is 1. The van der Waals surface area contributed by atoms with Crippen molar-refractivity contribution >= 4 is 23.2 Å². The Bertz CT molecular complexity index is 539. The second kappa shape index (κ2) is 4.58. The molecule has 5 heteroatoms. The second-order valence-corrected chi connectivity index (χ2v) is 5.86. The molecule has 1 saturated heterocycles. The molecule has 1 heterocycles. The lowest BCUT2D eigenvalue weighted by atomic mass is 9.76. The van der Waals surface area contributed by atoms with Crippen molar-refractivity contribution in [2.45, 2.75) is 38.5 Å². The monoisotopic (exact) mass is 276 g/mol. The first-order valence-electron chi connectivity index (χ1n) is 6.92. The summed E-state index contributed by atoms with van der Waals surface area (Å²) in [6.07, 6.45) is 4.56. The molecule has 0 bridgehead atoms. The molecular weight excluding hydrogens is 259 g/mol. The molecule has 106 valence electrons. The molecule has 2 aliphatic rings. The van der Waals surface area contributed by atoms with Gasteiger partial charge in [0.05, 0.1) is 5.69 Å². The average molecular weight is 276 g/mol. The van der Waals surface area contributed by atoms with Gasteiger partial charge in [-0.05, 0) is 30.4 Å². The molecule has 0 aromatic heterocycles. The number of rotatable bonds is 1. The molecular formula is C15H17FN2O2. The zero-order valence-corrected chi connectivity index (χ0v) is 11.2. The van der Waals surface area contributed by atoms with E-state index in [9.17, 15) is 14.0 Å². The Kier molecular flexibility index (Phi) is 3.00. The third-order valence-electron chi connectivity index (χ3n) is 4.46. The van der Waals surface area contributed by atoms with Crippen molar-refractivity contribution in [2.24, 2.45) is 5.41 Å². The van der Waals surface area contributed by atoms with Gasteiger partial charge in [-0.1, -0.05) is 18.9 Å². The molecule has 2 amide bonds. The lowest BCUT2D eigenvalue weighted by molar-refractivity contribution is -0.133. The molecule has 4 nitrogen and oxygen atoms in total. The summed E-state index contributed by atoms with van der Waals surface area (Å²) < 4.78 is 13.9. The van der Waals surface area contributed by atoms with E-state index in [-0.39, 0.29) is 28.6 Å². The summed E-state index contributed by atoms with van der Waals surface area (Å²) in [5.74, 6) is -1.30. The summed E-state index contributed by atoms with van der Waals surface area (Å²) >= 11 is 0. The number of para-hydroxylation sites is 1. The topological polar surface area (TPSA) is 63.4 Å². The van der Waals surface area contributed by atoms with Crippen LogP contribution in [-0.4, -0.2) is 11.8 Å². The summed E-state index contributed by atoms with van der Waals surface area (Å²) in [4.78, 5) is 25.6. The molecule has 0 radical (unpaired) electrons. The minimum absolute atomic E-state index is 0.0876. The summed E-state index contributed by atoms with van der Waals surface area (Å²) in [5.41, 5.74) is 5.58. The molecule has 3 rings (SSSR count). The summed E-state index contributed by atoms with van der Waals surface area (Å²) in [6.45, 7) is 0. The highest BCUT2D eigenvalue weighted by atomic mass is 19.1. The number of nitrogens with zero attached hydrogens (tertiary/aromatic N) is 1. The van der Waals surface area contributed by atoms with Crippen LogP contribution in [0, 0.1) is 11.2 Å². The molecule has 0 unspecified atom stereocenters. The lowest BCUT2D eigenvalue weighted by Crippen LogP contribution is -2.48. The molecule has 1 aliphatic carbocycles. The molecule has 1 spiro atoms. The van der Waals surface area contributed by atoms with E-state index in [1.165, 1.54) is 18.2 Å². The van der Waals surface area contributed by atoms with Crippen LogP contribution < -0.4 is 10.6 Å². The van der Waals surface area contributed by atoms with E-state index < -0.39 is 5.82 Å². The van der Waals surface area contributed by atoms with Crippen LogP contribution in [0.4, 0.5) is 15.8 Å². The van der Waals surface area contributed by atoms with E-state index in [2.05, 4.69) is 0 Å². The molecule has 1 saturated carbocycles. The number of amides is 2. The van der Waals surface area contributed by atoms with Crippen LogP contribution in [0.1, 0.15) is 38.5 Å². The van der Waals surface area contributed by atoms with E-state index >= 15 is 0 Å². The van der Waals surface area contributed by atoms with Gasteiger partial charge in [-0.15, -0.1) is 0 Å². The highest BCUT2D eigenvalue weighted by Gasteiger charge is 2.46. The van der Waals surface area contributed by atoms with Crippen LogP contribution in [0.15, 0.2) is 18.2 Å². The Morgan fingerprint density at radius 3 is 2.25 bits per heavy atom. The molecule has 20 heavy (non-hydrogen) atoms. The maximum absolute atomic E-state index is 13.9. The summed E-state index contributed by atoms with van der Waals surface area (Å²) in [5, 5.41) is 0. The van der Waals surface area contributed by atoms with E-state index in [1.54, 1.807) is 0 Å². The van der Waals surface area contributed by atoms with Gasteiger partial charge in [0, 0.05) is 12.8 Å². The van der Waals surface area contributed by atoms with E-state index in [4.69, 9.17) is 5.73 Å². The van der Waals surface area contributed by atoms with Gasteiger partial charge in [-0.2, -0.15) is 0 Å². The fourth-order valence-electron chi connectivity index (χ4n) is 3.50.